The van der Waals surface area contributed by atoms with E-state index in [1.807, 2.05) is 0 Å². The molecule has 0 radical (unpaired) electrons. The van der Waals surface area contributed by atoms with Gasteiger partial charge in [-0.3, -0.25) is 9.88 Å². The summed E-state index contributed by atoms with van der Waals surface area (Å²) in [6, 6.07) is 1.57. The number of nitrogens with two attached hydrogens (primary N) is 1. The summed E-state index contributed by atoms with van der Waals surface area (Å²) in [6.07, 6.45) is 10.1. The summed E-state index contributed by atoms with van der Waals surface area (Å²) in [5.74, 6) is -0.0262. The number of hydrogen-bond acceptors (Lipinski definition) is 5. The van der Waals surface area contributed by atoms with E-state index in [9.17, 15) is 4.39 Å². The summed E-state index contributed by atoms with van der Waals surface area (Å²) in [5, 5.41) is 0. The van der Waals surface area contributed by atoms with Gasteiger partial charge in [-0.15, -0.1) is 0 Å². The van der Waals surface area contributed by atoms with Gasteiger partial charge < -0.3 is 5.73 Å². The first-order valence-corrected chi connectivity index (χ1v) is 7.33. The van der Waals surface area contributed by atoms with Gasteiger partial charge in [-0.2, -0.15) is 0 Å². The number of halogens is 1. The predicted molar refractivity (Wildman–Crippen MR) is 82.0 cm³/mol. The van der Waals surface area contributed by atoms with Crippen molar-refractivity contribution in [1.29, 1.82) is 0 Å². The Labute approximate surface area is 128 Å². The Hall–Kier alpha value is -2.34. The van der Waals surface area contributed by atoms with E-state index in [1.165, 1.54) is 25.2 Å². The van der Waals surface area contributed by atoms with Gasteiger partial charge in [0.25, 0.3) is 0 Å². The maximum Gasteiger partial charge on any atom is 0.161 e. The van der Waals surface area contributed by atoms with Crippen LogP contribution in [0, 0.1) is 5.82 Å². The number of hydrogen-bond donors (Lipinski definition) is 1. The molecule has 3 heterocycles. The monoisotopic (exact) mass is 299 g/mol. The van der Waals surface area contributed by atoms with Crippen molar-refractivity contribution in [2.75, 3.05) is 13.1 Å². The molecule has 0 atom stereocenters. The van der Waals surface area contributed by atoms with Crippen LogP contribution in [-0.4, -0.2) is 32.9 Å². The largest absolute Gasteiger partial charge is 0.404 e. The first-order chi connectivity index (χ1) is 10.8. The first-order valence-electron chi connectivity index (χ1n) is 7.33. The van der Waals surface area contributed by atoms with Gasteiger partial charge >= 0.3 is 0 Å². The summed E-state index contributed by atoms with van der Waals surface area (Å²) >= 11 is 0. The van der Waals surface area contributed by atoms with Crippen LogP contribution in [0.25, 0.3) is 5.57 Å². The number of rotatable bonds is 4. The molecule has 2 aromatic heterocycles. The summed E-state index contributed by atoms with van der Waals surface area (Å²) in [6.45, 7) is 3.10. The fourth-order valence-corrected chi connectivity index (χ4v) is 2.65. The zero-order valence-electron chi connectivity index (χ0n) is 12.2. The zero-order valence-corrected chi connectivity index (χ0v) is 12.2. The van der Waals surface area contributed by atoms with Crippen molar-refractivity contribution in [3.8, 4) is 0 Å². The van der Waals surface area contributed by atoms with Crippen LogP contribution in [-0.2, 0) is 6.54 Å². The molecule has 22 heavy (non-hydrogen) atoms. The fourth-order valence-electron chi connectivity index (χ4n) is 2.65. The molecular weight excluding hydrogens is 281 g/mol. The van der Waals surface area contributed by atoms with Gasteiger partial charge in [-0.1, -0.05) is 0 Å². The molecule has 0 unspecified atom stereocenters. The van der Waals surface area contributed by atoms with E-state index in [-0.39, 0.29) is 0 Å². The topological polar surface area (TPSA) is 67.9 Å². The van der Waals surface area contributed by atoms with E-state index in [1.54, 1.807) is 18.5 Å². The smallest absolute Gasteiger partial charge is 0.161 e. The second-order valence-electron chi connectivity index (χ2n) is 5.33. The minimum absolute atomic E-state index is 0.352. The molecule has 0 aromatic carbocycles. The molecule has 0 spiro atoms. The van der Waals surface area contributed by atoms with Crippen LogP contribution in [0.3, 0.4) is 0 Å². The highest BCUT2D eigenvalue weighted by Crippen LogP contribution is 2.21. The van der Waals surface area contributed by atoms with Crippen LogP contribution in [0.15, 0.2) is 37.1 Å². The summed E-state index contributed by atoms with van der Waals surface area (Å²) in [5.41, 5.74) is 7.51. The molecular formula is C16H18FN5. The van der Waals surface area contributed by atoms with Crippen molar-refractivity contribution in [2.45, 2.75) is 19.4 Å². The average molecular weight is 299 g/mol. The second-order valence-corrected chi connectivity index (χ2v) is 5.33. The van der Waals surface area contributed by atoms with E-state index in [2.05, 4.69) is 19.9 Å². The predicted octanol–water partition coefficient (Wildman–Crippen LogP) is 1.95. The molecule has 3 rings (SSSR count). The third-order valence-corrected chi connectivity index (χ3v) is 3.78. The Balaban J connectivity index is 1.80. The number of likely N-dealkylation sites (tertiary alicyclic amines) is 1. The standard InChI is InChI=1S/C16H18FN5/c17-15-10-19-4-3-13(15)14(7-18)16-20-8-12(9-21-16)11-22-5-1-2-6-22/h3-4,7-10H,1-2,5-6,11,18H2/b14-7-. The molecule has 1 aliphatic rings. The highest BCUT2D eigenvalue weighted by Gasteiger charge is 2.14. The van der Waals surface area contributed by atoms with Gasteiger partial charge in [-0.25, -0.2) is 14.4 Å². The minimum atomic E-state index is -0.441. The molecule has 6 heteroatoms. The lowest BCUT2D eigenvalue weighted by molar-refractivity contribution is 0.330. The Kier molecular flexibility index (Phi) is 4.39. The Morgan fingerprint density at radius 3 is 2.59 bits per heavy atom. The zero-order chi connectivity index (χ0) is 15.4. The van der Waals surface area contributed by atoms with Gasteiger partial charge in [0.05, 0.1) is 6.20 Å². The van der Waals surface area contributed by atoms with Crippen LogP contribution in [0.1, 0.15) is 29.8 Å². The van der Waals surface area contributed by atoms with Crippen LogP contribution in [0.4, 0.5) is 4.39 Å². The SMILES string of the molecule is N/C=C(\c1ncc(CN2CCCC2)cn1)c1ccncc1F. The van der Waals surface area contributed by atoms with Gasteiger partial charge in [0.2, 0.25) is 0 Å². The molecule has 0 aliphatic carbocycles. The lowest BCUT2D eigenvalue weighted by Gasteiger charge is -2.14. The van der Waals surface area contributed by atoms with E-state index < -0.39 is 5.82 Å². The molecule has 114 valence electrons. The van der Waals surface area contributed by atoms with Crippen LogP contribution in [0.5, 0.6) is 0 Å². The molecule has 1 fully saturated rings. The van der Waals surface area contributed by atoms with E-state index in [0.29, 0.717) is 17.0 Å². The minimum Gasteiger partial charge on any atom is -0.404 e. The molecule has 2 N–H and O–H groups in total. The maximum absolute atomic E-state index is 13.8. The average Bonchev–Trinajstić information content (AvgIpc) is 3.04. The van der Waals surface area contributed by atoms with Gasteiger partial charge in [0.15, 0.2) is 5.82 Å². The van der Waals surface area contributed by atoms with Crippen LogP contribution in [0.2, 0.25) is 0 Å². The van der Waals surface area contributed by atoms with Crippen molar-refractivity contribution in [3.05, 3.63) is 59.8 Å². The van der Waals surface area contributed by atoms with Crippen molar-refractivity contribution >= 4 is 5.57 Å². The Morgan fingerprint density at radius 1 is 1.23 bits per heavy atom. The quantitative estimate of drug-likeness (QED) is 0.934. The third-order valence-electron chi connectivity index (χ3n) is 3.78. The normalized spacial score (nSPS) is 16.1. The Morgan fingerprint density at radius 2 is 1.95 bits per heavy atom. The van der Waals surface area contributed by atoms with Crippen LogP contribution < -0.4 is 5.73 Å². The molecule has 0 amide bonds. The van der Waals surface area contributed by atoms with Gasteiger partial charge in [0, 0.05) is 48.0 Å². The molecule has 0 bridgehead atoms. The number of aromatic nitrogens is 3. The summed E-state index contributed by atoms with van der Waals surface area (Å²) < 4.78 is 13.8. The second kappa shape index (κ2) is 6.62. The van der Waals surface area contributed by atoms with Crippen molar-refractivity contribution < 1.29 is 4.39 Å². The Bertz CT molecular complexity index is 662. The molecule has 5 nitrogen and oxygen atoms in total. The van der Waals surface area contributed by atoms with E-state index in [0.717, 1.165) is 31.4 Å². The molecule has 2 aromatic rings. The van der Waals surface area contributed by atoms with E-state index in [4.69, 9.17) is 5.73 Å². The van der Waals surface area contributed by atoms with Crippen LogP contribution >= 0.6 is 0 Å². The third kappa shape index (κ3) is 3.12. The number of nitrogens with zero attached hydrogens (tertiary/aromatic N) is 4. The van der Waals surface area contributed by atoms with Crippen molar-refractivity contribution in [2.24, 2.45) is 5.73 Å². The van der Waals surface area contributed by atoms with E-state index >= 15 is 0 Å². The van der Waals surface area contributed by atoms with Gasteiger partial charge in [-0.05, 0) is 32.0 Å². The highest BCUT2D eigenvalue weighted by atomic mass is 19.1. The highest BCUT2D eigenvalue weighted by molar-refractivity contribution is 5.75. The maximum atomic E-state index is 13.8. The number of pyridine rings is 1. The lowest BCUT2D eigenvalue weighted by Crippen LogP contribution is -2.18. The summed E-state index contributed by atoms with van der Waals surface area (Å²) in [7, 11) is 0. The molecule has 0 saturated carbocycles. The summed E-state index contributed by atoms with van der Waals surface area (Å²) in [4.78, 5) is 14.8. The fraction of sp³-hybridized carbons (Fsp3) is 0.312. The van der Waals surface area contributed by atoms with Crippen molar-refractivity contribution in [3.63, 3.8) is 0 Å². The molecule has 1 aliphatic heterocycles. The first kappa shape index (κ1) is 14.6. The molecule has 1 saturated heterocycles. The van der Waals surface area contributed by atoms with Gasteiger partial charge in [0.1, 0.15) is 5.82 Å². The van der Waals surface area contributed by atoms with Crippen molar-refractivity contribution in [1.82, 2.24) is 19.9 Å². The lowest BCUT2D eigenvalue weighted by atomic mass is 10.1.